The Labute approximate surface area is 111 Å². The van der Waals surface area contributed by atoms with Crippen LogP contribution in [0.5, 0.6) is 0 Å². The molecule has 1 aromatic rings. The van der Waals surface area contributed by atoms with Crippen molar-refractivity contribution < 1.29 is 17.9 Å². The van der Waals surface area contributed by atoms with E-state index in [0.717, 1.165) is 0 Å². The Balaban J connectivity index is 2.97. The maximum Gasteiger partial charge on any atom is 0.323 e. The summed E-state index contributed by atoms with van der Waals surface area (Å²) in [6.07, 6.45) is 0.298. The van der Waals surface area contributed by atoms with E-state index >= 15 is 0 Å². The number of esters is 1. The van der Waals surface area contributed by atoms with E-state index in [9.17, 15) is 13.2 Å². The summed E-state index contributed by atoms with van der Waals surface area (Å²) in [7, 11) is -2.58. The van der Waals surface area contributed by atoms with Gasteiger partial charge in [0.1, 0.15) is 6.04 Å². The molecule has 18 heavy (non-hydrogen) atoms. The summed E-state index contributed by atoms with van der Waals surface area (Å²) in [6, 6.07) is 4.90. The second-order valence-corrected chi connectivity index (χ2v) is 5.71. The first kappa shape index (κ1) is 14.9. The highest BCUT2D eigenvalue weighted by atomic mass is 35.5. The normalized spacial score (nSPS) is 13.1. The fraction of sp³-hybridized carbons (Fsp3) is 0.364. The van der Waals surface area contributed by atoms with Crippen molar-refractivity contribution in [3.05, 3.63) is 29.3 Å². The van der Waals surface area contributed by atoms with Crippen LogP contribution in [0.25, 0.3) is 0 Å². The van der Waals surface area contributed by atoms with Gasteiger partial charge in [0.2, 0.25) is 10.0 Å². The zero-order chi connectivity index (χ0) is 13.8. The number of carbonyl (C=O) groups is 1. The molecular weight excluding hydrogens is 278 g/mol. The Morgan fingerprint density at radius 1 is 1.50 bits per heavy atom. The monoisotopic (exact) mass is 291 g/mol. The zero-order valence-electron chi connectivity index (χ0n) is 10.0. The molecule has 1 aromatic carbocycles. The summed E-state index contributed by atoms with van der Waals surface area (Å²) < 4.78 is 30.8. The average Bonchev–Trinajstić information content (AvgIpc) is 2.35. The third-order valence-electron chi connectivity index (χ3n) is 2.30. The molecule has 0 fully saturated rings. The molecule has 1 unspecified atom stereocenters. The molecule has 0 aliphatic rings. The van der Waals surface area contributed by atoms with Gasteiger partial charge < -0.3 is 4.74 Å². The van der Waals surface area contributed by atoms with Gasteiger partial charge in [0.25, 0.3) is 0 Å². The predicted molar refractivity (Wildman–Crippen MR) is 67.9 cm³/mol. The van der Waals surface area contributed by atoms with Gasteiger partial charge in [-0.2, -0.15) is 4.72 Å². The van der Waals surface area contributed by atoms with Gasteiger partial charge in [0, 0.05) is 5.02 Å². The van der Waals surface area contributed by atoms with Crippen LogP contribution in [0.15, 0.2) is 29.2 Å². The lowest BCUT2D eigenvalue weighted by Crippen LogP contribution is -2.40. The van der Waals surface area contributed by atoms with E-state index in [1.807, 2.05) is 0 Å². The number of ether oxygens (including phenoxy) is 1. The summed E-state index contributed by atoms with van der Waals surface area (Å²) in [5, 5.41) is 0.309. The molecule has 0 saturated heterocycles. The minimum atomic E-state index is -3.78. The van der Waals surface area contributed by atoms with Gasteiger partial charge in [-0.15, -0.1) is 0 Å². The van der Waals surface area contributed by atoms with Crippen LogP contribution < -0.4 is 4.72 Å². The lowest BCUT2D eigenvalue weighted by molar-refractivity contribution is -0.142. The number of halogens is 1. The number of sulfonamides is 1. The maximum absolute atomic E-state index is 12.0. The summed E-state index contributed by atoms with van der Waals surface area (Å²) in [4.78, 5) is 11.4. The molecule has 0 heterocycles. The molecule has 0 aliphatic heterocycles. The van der Waals surface area contributed by atoms with E-state index in [4.69, 9.17) is 11.6 Å². The molecule has 1 atom stereocenters. The van der Waals surface area contributed by atoms with E-state index in [1.165, 1.54) is 25.3 Å². The molecule has 5 nitrogen and oxygen atoms in total. The van der Waals surface area contributed by atoms with Crippen LogP contribution in [0.3, 0.4) is 0 Å². The van der Waals surface area contributed by atoms with Crippen molar-refractivity contribution in [2.45, 2.75) is 24.3 Å². The van der Waals surface area contributed by atoms with Gasteiger partial charge in [-0.25, -0.2) is 8.42 Å². The van der Waals surface area contributed by atoms with E-state index < -0.39 is 22.0 Å². The number of hydrogen-bond donors (Lipinski definition) is 1. The van der Waals surface area contributed by atoms with E-state index in [0.29, 0.717) is 11.4 Å². The molecule has 0 aromatic heterocycles. The van der Waals surface area contributed by atoms with Gasteiger partial charge in [0.15, 0.2) is 0 Å². The second-order valence-electron chi connectivity index (χ2n) is 3.56. The SMILES string of the molecule is CCC(NS(=O)(=O)c1cccc(Cl)c1)C(=O)OC. The Morgan fingerprint density at radius 2 is 2.17 bits per heavy atom. The molecule has 0 radical (unpaired) electrons. The highest BCUT2D eigenvalue weighted by molar-refractivity contribution is 7.89. The van der Waals surface area contributed by atoms with Crippen LogP contribution in [-0.2, 0) is 19.6 Å². The molecule has 0 saturated carbocycles. The van der Waals surface area contributed by atoms with Crippen LogP contribution in [0.1, 0.15) is 13.3 Å². The first-order valence-electron chi connectivity index (χ1n) is 5.26. The molecule has 100 valence electrons. The summed E-state index contributed by atoms with van der Waals surface area (Å²) in [5.74, 6) is -0.622. The fourth-order valence-electron chi connectivity index (χ4n) is 1.33. The van der Waals surface area contributed by atoms with Gasteiger partial charge in [-0.05, 0) is 24.6 Å². The predicted octanol–water partition coefficient (Wildman–Crippen LogP) is 1.57. The molecule has 1 N–H and O–H groups in total. The molecule has 0 aliphatic carbocycles. The Bertz CT molecular complexity index is 530. The standard InChI is InChI=1S/C11H14ClNO4S/c1-3-10(11(14)17-2)13-18(15,16)9-6-4-5-8(12)7-9/h4-7,10,13H,3H2,1-2H3. The average molecular weight is 292 g/mol. The fourth-order valence-corrected chi connectivity index (χ4v) is 2.90. The van der Waals surface area contributed by atoms with E-state index in [-0.39, 0.29) is 4.90 Å². The first-order chi connectivity index (χ1) is 8.40. The van der Waals surface area contributed by atoms with Crippen molar-refractivity contribution in [3.8, 4) is 0 Å². The molecule has 0 bridgehead atoms. The van der Waals surface area contributed by atoms with Crippen molar-refractivity contribution in [2.24, 2.45) is 0 Å². The van der Waals surface area contributed by atoms with Crippen LogP contribution in [0, 0.1) is 0 Å². The third kappa shape index (κ3) is 3.69. The number of carbonyl (C=O) groups excluding carboxylic acids is 1. The lowest BCUT2D eigenvalue weighted by atomic mass is 10.2. The van der Waals surface area contributed by atoms with Crippen LogP contribution in [0.2, 0.25) is 5.02 Å². The van der Waals surface area contributed by atoms with Crippen LogP contribution in [-0.4, -0.2) is 27.5 Å². The minimum Gasteiger partial charge on any atom is -0.468 e. The summed E-state index contributed by atoms with van der Waals surface area (Å²) in [6.45, 7) is 1.68. The zero-order valence-corrected chi connectivity index (χ0v) is 11.6. The quantitative estimate of drug-likeness (QED) is 0.836. The summed E-state index contributed by atoms with van der Waals surface area (Å²) >= 11 is 5.73. The van der Waals surface area contributed by atoms with Crippen LogP contribution in [0.4, 0.5) is 0 Å². The number of methoxy groups -OCH3 is 1. The van der Waals surface area contributed by atoms with Crippen molar-refractivity contribution in [1.29, 1.82) is 0 Å². The van der Waals surface area contributed by atoms with Crippen molar-refractivity contribution in [3.63, 3.8) is 0 Å². The van der Waals surface area contributed by atoms with Crippen molar-refractivity contribution >= 4 is 27.6 Å². The molecule has 1 rings (SSSR count). The van der Waals surface area contributed by atoms with Crippen molar-refractivity contribution in [1.82, 2.24) is 4.72 Å². The largest absolute Gasteiger partial charge is 0.468 e. The van der Waals surface area contributed by atoms with E-state index in [1.54, 1.807) is 13.0 Å². The molecule has 0 spiro atoms. The Morgan fingerprint density at radius 3 is 2.67 bits per heavy atom. The number of benzene rings is 1. The number of hydrogen-bond acceptors (Lipinski definition) is 4. The van der Waals surface area contributed by atoms with Gasteiger partial charge in [-0.1, -0.05) is 24.6 Å². The van der Waals surface area contributed by atoms with Gasteiger partial charge in [-0.3, -0.25) is 4.79 Å². The smallest absolute Gasteiger partial charge is 0.323 e. The molecule has 0 amide bonds. The highest BCUT2D eigenvalue weighted by Gasteiger charge is 2.24. The Hall–Kier alpha value is -1.11. The highest BCUT2D eigenvalue weighted by Crippen LogP contribution is 2.16. The lowest BCUT2D eigenvalue weighted by Gasteiger charge is -2.14. The Kier molecular flexibility index (Phi) is 5.13. The van der Waals surface area contributed by atoms with Crippen LogP contribution >= 0.6 is 11.6 Å². The topological polar surface area (TPSA) is 72.5 Å². The molecular formula is C11H14ClNO4S. The van der Waals surface area contributed by atoms with Crippen molar-refractivity contribution in [2.75, 3.05) is 7.11 Å². The number of nitrogens with one attached hydrogen (secondary N) is 1. The third-order valence-corrected chi connectivity index (χ3v) is 4.00. The maximum atomic E-state index is 12.0. The molecule has 7 heteroatoms. The first-order valence-corrected chi connectivity index (χ1v) is 7.12. The van der Waals surface area contributed by atoms with Gasteiger partial charge >= 0.3 is 5.97 Å². The van der Waals surface area contributed by atoms with E-state index in [2.05, 4.69) is 9.46 Å². The minimum absolute atomic E-state index is 0.0114. The van der Waals surface area contributed by atoms with Gasteiger partial charge in [0.05, 0.1) is 12.0 Å². The number of rotatable bonds is 5. The second kappa shape index (κ2) is 6.17. The summed E-state index contributed by atoms with van der Waals surface area (Å²) in [5.41, 5.74) is 0.